The molecule has 10 nitrogen and oxygen atoms in total. The van der Waals surface area contributed by atoms with Gasteiger partial charge < -0.3 is 35.7 Å². The number of hydrogen-bond acceptors (Lipinski definition) is 8. The summed E-state index contributed by atoms with van der Waals surface area (Å²) in [6.07, 6.45) is 4.99. The number of nitrogens with two attached hydrogens (primary N) is 1. The fraction of sp³-hybridized carbons (Fsp3) is 0.524. The van der Waals surface area contributed by atoms with Crippen LogP contribution in [0, 0.1) is 10.8 Å². The lowest BCUT2D eigenvalue weighted by atomic mass is 9.99. The second kappa shape index (κ2) is 8.18. The molecular weight excluding hydrogens is 396 g/mol. The standard InChI is InChI=1S/C21H30N8O2/c1-13(21(2)4-5-21)25-17(15(11-22)18(23)30)16-10-14(12-24-16)19-26-27-20(31-19)29-8-6-28(3)7-9-29/h10-13,22,24-25H,4-9H2,1-3H3,(H2,23,30)/b17-15-,22-11?/t13-/m1/s1. The van der Waals surface area contributed by atoms with Crippen LogP contribution in [0.15, 0.2) is 22.3 Å². The summed E-state index contributed by atoms with van der Waals surface area (Å²) in [7, 11) is 2.09. The van der Waals surface area contributed by atoms with Crippen LogP contribution < -0.4 is 16.0 Å². The fourth-order valence-electron chi connectivity index (χ4n) is 3.71. The van der Waals surface area contributed by atoms with Crippen LogP contribution in [0.5, 0.6) is 0 Å². The Morgan fingerprint density at radius 3 is 2.68 bits per heavy atom. The molecule has 31 heavy (non-hydrogen) atoms. The van der Waals surface area contributed by atoms with Crippen molar-refractivity contribution >= 4 is 23.8 Å². The van der Waals surface area contributed by atoms with Gasteiger partial charge in [-0.1, -0.05) is 12.0 Å². The molecule has 5 N–H and O–H groups in total. The number of carbonyl (C=O) groups is 1. The lowest BCUT2D eigenvalue weighted by Crippen LogP contribution is -2.44. The van der Waals surface area contributed by atoms with Gasteiger partial charge in [0.15, 0.2) is 0 Å². The number of nitrogens with zero attached hydrogens (tertiary/aromatic N) is 4. The van der Waals surface area contributed by atoms with Crippen LogP contribution in [0.25, 0.3) is 17.2 Å². The first-order valence-electron chi connectivity index (χ1n) is 10.6. The number of amides is 1. The molecule has 0 bridgehead atoms. The van der Waals surface area contributed by atoms with Gasteiger partial charge in [-0.15, -0.1) is 5.10 Å². The van der Waals surface area contributed by atoms with Gasteiger partial charge in [0.25, 0.3) is 11.8 Å². The summed E-state index contributed by atoms with van der Waals surface area (Å²) in [6, 6.07) is 2.46. The zero-order valence-electron chi connectivity index (χ0n) is 18.2. The molecule has 1 aliphatic heterocycles. The summed E-state index contributed by atoms with van der Waals surface area (Å²) < 4.78 is 5.91. The van der Waals surface area contributed by atoms with Crippen molar-refractivity contribution in [3.8, 4) is 11.5 Å². The molecule has 0 aromatic carbocycles. The van der Waals surface area contributed by atoms with Gasteiger partial charge in [-0.05, 0) is 38.3 Å². The Labute approximate surface area is 181 Å². The Morgan fingerprint density at radius 2 is 2.06 bits per heavy atom. The molecule has 1 amide bonds. The van der Waals surface area contributed by atoms with Crippen molar-refractivity contribution in [2.75, 3.05) is 38.1 Å². The average molecular weight is 427 g/mol. The zero-order chi connectivity index (χ0) is 22.2. The van der Waals surface area contributed by atoms with Gasteiger partial charge in [-0.3, -0.25) is 4.79 Å². The van der Waals surface area contributed by atoms with Gasteiger partial charge >= 0.3 is 6.01 Å². The van der Waals surface area contributed by atoms with Crippen molar-refractivity contribution in [2.45, 2.75) is 32.7 Å². The molecule has 166 valence electrons. The molecule has 1 saturated carbocycles. The number of aromatic nitrogens is 3. The molecular formula is C21H30N8O2. The smallest absolute Gasteiger partial charge is 0.318 e. The highest BCUT2D eigenvalue weighted by Gasteiger charge is 2.43. The third-order valence-corrected chi connectivity index (χ3v) is 6.51. The summed E-state index contributed by atoms with van der Waals surface area (Å²) in [5, 5.41) is 19.5. The van der Waals surface area contributed by atoms with E-state index in [4.69, 9.17) is 15.6 Å². The van der Waals surface area contributed by atoms with E-state index in [1.807, 2.05) is 6.07 Å². The first-order chi connectivity index (χ1) is 14.8. The zero-order valence-corrected chi connectivity index (χ0v) is 18.2. The molecule has 2 aliphatic rings. The lowest BCUT2D eigenvalue weighted by molar-refractivity contribution is -0.114. The summed E-state index contributed by atoms with van der Waals surface area (Å²) in [6.45, 7) is 7.86. The molecule has 2 aromatic heterocycles. The van der Waals surface area contributed by atoms with Crippen LogP contribution in [0.4, 0.5) is 6.01 Å². The highest BCUT2D eigenvalue weighted by atomic mass is 16.4. The number of piperazine rings is 1. The van der Waals surface area contributed by atoms with Crippen molar-refractivity contribution in [1.29, 1.82) is 5.41 Å². The van der Waals surface area contributed by atoms with Crippen molar-refractivity contribution in [2.24, 2.45) is 11.1 Å². The molecule has 10 heteroatoms. The molecule has 0 radical (unpaired) electrons. The number of hydrogen-bond donors (Lipinski definition) is 4. The van der Waals surface area contributed by atoms with E-state index in [0.29, 0.717) is 28.9 Å². The first kappa shape index (κ1) is 21.1. The quantitative estimate of drug-likeness (QED) is 0.370. The van der Waals surface area contributed by atoms with Crippen LogP contribution in [0.2, 0.25) is 0 Å². The Balaban J connectivity index is 1.59. The van der Waals surface area contributed by atoms with E-state index in [1.54, 1.807) is 6.20 Å². The highest BCUT2D eigenvalue weighted by Crippen LogP contribution is 2.48. The van der Waals surface area contributed by atoms with E-state index in [1.165, 1.54) is 0 Å². The Kier molecular flexibility index (Phi) is 5.57. The molecule has 0 unspecified atom stereocenters. The topological polar surface area (TPSA) is 140 Å². The van der Waals surface area contributed by atoms with Crippen LogP contribution >= 0.6 is 0 Å². The average Bonchev–Trinajstić information content (AvgIpc) is 3.14. The minimum absolute atomic E-state index is 0.119. The number of H-pyrrole nitrogens is 1. The van der Waals surface area contributed by atoms with Crippen molar-refractivity contribution in [3.63, 3.8) is 0 Å². The minimum atomic E-state index is -0.656. The number of primary amides is 1. The molecule has 1 aliphatic carbocycles. The van der Waals surface area contributed by atoms with E-state index in [0.717, 1.165) is 45.2 Å². The normalized spacial score (nSPS) is 20.2. The number of likely N-dealkylation sites (N-methyl/N-ethyl adjacent to an activating group) is 1. The minimum Gasteiger partial charge on any atom is -0.403 e. The monoisotopic (exact) mass is 426 g/mol. The van der Waals surface area contributed by atoms with Crippen molar-refractivity contribution in [3.05, 3.63) is 23.5 Å². The Morgan fingerprint density at radius 1 is 1.35 bits per heavy atom. The van der Waals surface area contributed by atoms with Gasteiger partial charge in [0, 0.05) is 44.6 Å². The number of rotatable bonds is 8. The summed E-state index contributed by atoms with van der Waals surface area (Å²) in [5.74, 6) is -0.259. The van der Waals surface area contributed by atoms with Gasteiger partial charge in [0.2, 0.25) is 0 Å². The second-order valence-corrected chi connectivity index (χ2v) is 8.80. The predicted octanol–water partition coefficient (Wildman–Crippen LogP) is 1.44. The maximum atomic E-state index is 12.0. The Hall–Kier alpha value is -3.14. The second-order valence-electron chi connectivity index (χ2n) is 8.80. The number of aromatic amines is 1. The third kappa shape index (κ3) is 4.34. The molecule has 3 heterocycles. The lowest BCUT2D eigenvalue weighted by Gasteiger charge is -2.30. The van der Waals surface area contributed by atoms with Crippen LogP contribution in [-0.4, -0.2) is 71.5 Å². The molecule has 1 atom stereocenters. The highest BCUT2D eigenvalue weighted by molar-refractivity contribution is 6.16. The maximum absolute atomic E-state index is 12.0. The predicted molar refractivity (Wildman–Crippen MR) is 119 cm³/mol. The fourth-order valence-corrected chi connectivity index (χ4v) is 3.71. The van der Waals surface area contributed by atoms with Crippen molar-refractivity contribution in [1.82, 2.24) is 25.4 Å². The van der Waals surface area contributed by atoms with E-state index >= 15 is 0 Å². The van der Waals surface area contributed by atoms with E-state index in [-0.39, 0.29) is 17.0 Å². The van der Waals surface area contributed by atoms with Gasteiger partial charge in [-0.2, -0.15) is 0 Å². The van der Waals surface area contributed by atoms with E-state index < -0.39 is 5.91 Å². The number of anilines is 1. The van der Waals surface area contributed by atoms with Crippen LogP contribution in [0.3, 0.4) is 0 Å². The largest absolute Gasteiger partial charge is 0.403 e. The SMILES string of the molecule is C[C@@H](N/C(=C(/C=N)C(N)=O)c1cc(-c2nnc(N3CCN(C)CC3)o2)c[nH]1)C1(C)CC1. The van der Waals surface area contributed by atoms with E-state index in [9.17, 15) is 4.79 Å². The van der Waals surface area contributed by atoms with Gasteiger partial charge in [0.1, 0.15) is 0 Å². The maximum Gasteiger partial charge on any atom is 0.318 e. The van der Waals surface area contributed by atoms with Crippen LogP contribution in [0.1, 0.15) is 32.4 Å². The van der Waals surface area contributed by atoms with Crippen molar-refractivity contribution < 1.29 is 9.21 Å². The first-order valence-corrected chi connectivity index (χ1v) is 10.6. The summed E-state index contributed by atoms with van der Waals surface area (Å²) in [4.78, 5) is 19.5. The van der Waals surface area contributed by atoms with E-state index in [2.05, 4.69) is 51.2 Å². The summed E-state index contributed by atoms with van der Waals surface area (Å²) in [5.41, 5.74) is 7.70. The molecule has 0 spiro atoms. The molecule has 2 fully saturated rings. The Bertz CT molecular complexity index is 995. The molecule has 2 aromatic rings. The number of carbonyl (C=O) groups excluding carboxylic acids is 1. The third-order valence-electron chi connectivity index (χ3n) is 6.51. The van der Waals surface area contributed by atoms with Crippen LogP contribution in [-0.2, 0) is 4.79 Å². The van der Waals surface area contributed by atoms with Gasteiger partial charge in [-0.25, -0.2) is 0 Å². The number of nitrogens with one attached hydrogen (secondary N) is 3. The molecule has 1 saturated heterocycles. The van der Waals surface area contributed by atoms with Gasteiger partial charge in [0.05, 0.1) is 22.5 Å². The summed E-state index contributed by atoms with van der Waals surface area (Å²) >= 11 is 0. The molecule has 4 rings (SSSR count).